The molecule has 10 heteroatoms. The first-order valence-electron chi connectivity index (χ1n) is 12.1. The van der Waals surface area contributed by atoms with Crippen LogP contribution in [0.15, 0.2) is 24.3 Å². The average molecular weight is 483 g/mol. The van der Waals surface area contributed by atoms with Crippen molar-refractivity contribution < 1.29 is 19.4 Å². The molecule has 0 radical (unpaired) electrons. The summed E-state index contributed by atoms with van der Waals surface area (Å²) < 4.78 is 5.67. The van der Waals surface area contributed by atoms with E-state index in [0.717, 1.165) is 35.6 Å². The summed E-state index contributed by atoms with van der Waals surface area (Å²) in [5.41, 5.74) is 2.75. The van der Waals surface area contributed by atoms with E-state index in [0.29, 0.717) is 37.8 Å². The first kappa shape index (κ1) is 24.7. The van der Waals surface area contributed by atoms with E-state index in [1.54, 1.807) is 0 Å². The fourth-order valence-electron chi connectivity index (χ4n) is 4.76. The number of nitrogens with one attached hydrogen (secondary N) is 2. The number of aromatic nitrogens is 2. The van der Waals surface area contributed by atoms with Gasteiger partial charge in [0.05, 0.1) is 24.9 Å². The fraction of sp³-hybridized carbons (Fsp3) is 0.520. The second kappa shape index (κ2) is 10.1. The van der Waals surface area contributed by atoms with E-state index in [-0.39, 0.29) is 24.0 Å². The third-order valence-electron chi connectivity index (χ3n) is 6.24. The fourth-order valence-corrected chi connectivity index (χ4v) is 4.76. The Bertz CT molecular complexity index is 1070. The highest BCUT2D eigenvalue weighted by atomic mass is 16.5. The predicted octanol–water partition coefficient (Wildman–Crippen LogP) is 4.09. The minimum atomic E-state index is -0.963. The Labute approximate surface area is 205 Å². The summed E-state index contributed by atoms with van der Waals surface area (Å²) in [5.74, 6) is 1.32. The number of nitrogens with zero attached hydrogens (tertiary/aromatic N) is 4. The van der Waals surface area contributed by atoms with E-state index in [4.69, 9.17) is 14.7 Å². The molecule has 0 aliphatic carbocycles. The molecule has 188 valence electrons. The van der Waals surface area contributed by atoms with Gasteiger partial charge in [0.15, 0.2) is 5.82 Å². The first-order valence-corrected chi connectivity index (χ1v) is 12.1. The van der Waals surface area contributed by atoms with E-state index < -0.39 is 6.09 Å². The Kier molecular flexibility index (Phi) is 7.11. The predicted molar refractivity (Wildman–Crippen MR) is 134 cm³/mol. The van der Waals surface area contributed by atoms with Crippen LogP contribution in [0, 0.1) is 5.41 Å². The molecule has 1 atom stereocenters. The minimum Gasteiger partial charge on any atom is -0.465 e. The molecule has 2 aromatic rings. The lowest BCUT2D eigenvalue weighted by Crippen LogP contribution is -2.36. The Morgan fingerprint density at radius 1 is 1.14 bits per heavy atom. The second-order valence-corrected chi connectivity index (χ2v) is 9.93. The molecule has 1 fully saturated rings. The number of carbonyl (C=O) groups is 2. The van der Waals surface area contributed by atoms with E-state index >= 15 is 0 Å². The normalized spacial score (nSPS) is 18.1. The highest BCUT2D eigenvalue weighted by molar-refractivity contribution is 5.89. The summed E-state index contributed by atoms with van der Waals surface area (Å²) in [4.78, 5) is 37.5. The molecule has 0 bridgehead atoms. The molecule has 1 aromatic heterocycles. The van der Waals surface area contributed by atoms with Crippen molar-refractivity contribution in [3.63, 3.8) is 0 Å². The molecule has 3 N–H and O–H groups in total. The topological polar surface area (TPSA) is 120 Å². The van der Waals surface area contributed by atoms with Crippen LogP contribution in [0.5, 0.6) is 0 Å². The molecular formula is C25H34N6O4. The summed E-state index contributed by atoms with van der Waals surface area (Å²) in [7, 11) is 0. The van der Waals surface area contributed by atoms with E-state index in [1.807, 2.05) is 52.0 Å². The number of hydrogen-bond donors (Lipinski definition) is 3. The van der Waals surface area contributed by atoms with Crippen molar-refractivity contribution in [2.24, 2.45) is 5.41 Å². The van der Waals surface area contributed by atoms with Crippen LogP contribution in [-0.2, 0) is 11.3 Å². The van der Waals surface area contributed by atoms with Crippen molar-refractivity contribution in [3.05, 3.63) is 35.5 Å². The number of benzene rings is 1. The van der Waals surface area contributed by atoms with Gasteiger partial charge in [0, 0.05) is 43.1 Å². The van der Waals surface area contributed by atoms with Crippen LogP contribution < -0.4 is 15.5 Å². The molecular weight excluding hydrogens is 448 g/mol. The number of carboxylic acid groups (broad SMARTS) is 1. The van der Waals surface area contributed by atoms with Gasteiger partial charge in [-0.25, -0.2) is 19.6 Å². The van der Waals surface area contributed by atoms with Gasteiger partial charge in [-0.05, 0) is 43.0 Å². The third-order valence-corrected chi connectivity index (χ3v) is 6.24. The molecule has 1 unspecified atom stereocenters. The van der Waals surface area contributed by atoms with Gasteiger partial charge >= 0.3 is 12.1 Å². The maximum absolute atomic E-state index is 12.2. The van der Waals surface area contributed by atoms with Crippen LogP contribution in [0.2, 0.25) is 0 Å². The zero-order valence-corrected chi connectivity index (χ0v) is 20.8. The molecule has 2 aliphatic rings. The molecule has 0 saturated carbocycles. The average Bonchev–Trinajstić information content (AvgIpc) is 3.00. The number of amides is 3. The summed E-state index contributed by atoms with van der Waals surface area (Å²) in [5, 5.41) is 15.5. The molecule has 1 aromatic carbocycles. The van der Waals surface area contributed by atoms with Gasteiger partial charge in [0.25, 0.3) is 0 Å². The van der Waals surface area contributed by atoms with Crippen LogP contribution in [0.25, 0.3) is 11.4 Å². The van der Waals surface area contributed by atoms with E-state index in [1.165, 1.54) is 4.90 Å². The molecule has 3 amide bonds. The van der Waals surface area contributed by atoms with E-state index in [9.17, 15) is 14.7 Å². The first-order chi connectivity index (χ1) is 16.7. The van der Waals surface area contributed by atoms with Crippen molar-refractivity contribution in [1.82, 2.24) is 20.2 Å². The number of rotatable bonds is 4. The Morgan fingerprint density at radius 2 is 1.89 bits per heavy atom. The van der Waals surface area contributed by atoms with Crippen LogP contribution in [0.1, 0.15) is 51.4 Å². The third kappa shape index (κ3) is 5.32. The largest absolute Gasteiger partial charge is 0.465 e. The summed E-state index contributed by atoms with van der Waals surface area (Å²) in [6.45, 7) is 11.5. The van der Waals surface area contributed by atoms with Crippen molar-refractivity contribution in [2.45, 2.75) is 46.7 Å². The molecule has 4 rings (SSSR count). The van der Waals surface area contributed by atoms with Gasteiger partial charge in [-0.2, -0.15) is 0 Å². The van der Waals surface area contributed by atoms with Crippen LogP contribution in [0.3, 0.4) is 0 Å². The van der Waals surface area contributed by atoms with Crippen molar-refractivity contribution in [3.8, 4) is 11.4 Å². The molecule has 35 heavy (non-hydrogen) atoms. The van der Waals surface area contributed by atoms with Gasteiger partial charge in [-0.3, -0.25) is 4.90 Å². The Morgan fingerprint density at radius 3 is 2.54 bits per heavy atom. The highest BCUT2D eigenvalue weighted by Crippen LogP contribution is 2.48. The molecule has 3 heterocycles. The summed E-state index contributed by atoms with van der Waals surface area (Å²) in [6.07, 6.45) is -0.0904. The van der Waals surface area contributed by atoms with Gasteiger partial charge in [0.1, 0.15) is 5.82 Å². The van der Waals surface area contributed by atoms with E-state index in [2.05, 4.69) is 15.5 Å². The smallest absolute Gasteiger partial charge is 0.408 e. The van der Waals surface area contributed by atoms with Gasteiger partial charge < -0.3 is 25.4 Å². The maximum atomic E-state index is 12.2. The molecule has 10 nitrogen and oxygen atoms in total. The Hall–Kier alpha value is -3.40. The number of ether oxygens (including phenoxy) is 1. The van der Waals surface area contributed by atoms with Crippen molar-refractivity contribution in [2.75, 3.05) is 43.1 Å². The molecule has 2 aliphatic heterocycles. The van der Waals surface area contributed by atoms with Gasteiger partial charge in [-0.1, -0.05) is 20.8 Å². The number of hydrogen-bond acceptors (Lipinski definition) is 6. The monoisotopic (exact) mass is 482 g/mol. The lowest BCUT2D eigenvalue weighted by atomic mass is 9.82. The number of carbonyl (C=O) groups excluding carboxylic acids is 1. The summed E-state index contributed by atoms with van der Waals surface area (Å²) in [6, 6.07) is 6.73. The van der Waals surface area contributed by atoms with Crippen LogP contribution in [0.4, 0.5) is 21.1 Å². The lowest BCUT2D eigenvalue weighted by Gasteiger charge is -2.35. The van der Waals surface area contributed by atoms with Gasteiger partial charge in [0.2, 0.25) is 0 Å². The quantitative estimate of drug-likeness (QED) is 0.600. The van der Waals surface area contributed by atoms with Crippen LogP contribution >= 0.6 is 0 Å². The summed E-state index contributed by atoms with van der Waals surface area (Å²) >= 11 is 0. The Balaban J connectivity index is 1.77. The van der Waals surface area contributed by atoms with Gasteiger partial charge in [-0.15, -0.1) is 0 Å². The zero-order chi connectivity index (χ0) is 25.2. The number of urea groups is 1. The highest BCUT2D eigenvalue weighted by Gasteiger charge is 2.45. The molecule has 0 spiro atoms. The zero-order valence-electron chi connectivity index (χ0n) is 20.8. The van der Waals surface area contributed by atoms with Crippen molar-refractivity contribution >= 4 is 23.6 Å². The number of fused-ring (bicyclic) bond motifs is 1. The second-order valence-electron chi connectivity index (χ2n) is 9.93. The molecule has 1 saturated heterocycles. The minimum absolute atomic E-state index is 0.219. The van der Waals surface area contributed by atoms with Crippen molar-refractivity contribution in [1.29, 1.82) is 0 Å². The SMILES string of the molecule is CCNC(=O)Nc1ccc(-c2nc3c(c(N4CCCOCC4)n2)C(C(C)(C)C)N(C(=O)O)C3)cc1. The lowest BCUT2D eigenvalue weighted by molar-refractivity contribution is 0.0898. The van der Waals surface area contributed by atoms with Crippen LogP contribution in [-0.4, -0.2) is 64.9 Å². The maximum Gasteiger partial charge on any atom is 0.408 e. The number of anilines is 2. The standard InChI is InChI=1S/C25H34N6O4/c1-5-26-23(32)27-17-9-7-16(8-10-17)21-28-18-15-31(24(33)34)20(25(2,3)4)19(18)22(29-21)30-11-6-13-35-14-12-30/h7-10,20H,5-6,11-15H2,1-4H3,(H,33,34)(H2,26,27,32).